The van der Waals surface area contributed by atoms with Crippen LogP contribution in [0.25, 0.3) is 11.1 Å². The number of para-hydroxylation sites is 1. The van der Waals surface area contributed by atoms with Crippen LogP contribution in [0.2, 0.25) is 0 Å². The first-order valence-electron chi connectivity index (χ1n) is 6.39. The predicted octanol–water partition coefficient (Wildman–Crippen LogP) is 3.43. The van der Waals surface area contributed by atoms with E-state index in [0.29, 0.717) is 12.5 Å². The Hall–Kier alpha value is -2.03. The summed E-state index contributed by atoms with van der Waals surface area (Å²) in [7, 11) is 1.64. The van der Waals surface area contributed by atoms with E-state index in [1.807, 2.05) is 12.1 Å². The third kappa shape index (κ3) is 1.86. The zero-order valence-corrected chi connectivity index (χ0v) is 11.4. The number of aromatic nitrogens is 1. The third-order valence-electron chi connectivity index (χ3n) is 3.58. The van der Waals surface area contributed by atoms with E-state index in [1.165, 1.54) is 5.56 Å². The highest BCUT2D eigenvalue weighted by Gasteiger charge is 2.33. The smallest absolute Gasteiger partial charge is 0.221 e. The van der Waals surface area contributed by atoms with Gasteiger partial charge in [-0.15, -0.1) is 0 Å². The van der Waals surface area contributed by atoms with Crippen molar-refractivity contribution in [1.82, 2.24) is 4.98 Å². The van der Waals surface area contributed by atoms with E-state index < -0.39 is 0 Å². The van der Waals surface area contributed by atoms with Crippen molar-refractivity contribution in [3.05, 3.63) is 42.1 Å². The predicted molar refractivity (Wildman–Crippen MR) is 74.7 cm³/mol. The molecule has 0 saturated heterocycles. The Morgan fingerprint density at radius 3 is 2.74 bits per heavy atom. The summed E-state index contributed by atoms with van der Waals surface area (Å²) in [6.45, 7) is 5.11. The summed E-state index contributed by atoms with van der Waals surface area (Å²) in [4.78, 5) is 4.26. The quantitative estimate of drug-likeness (QED) is 0.824. The maximum Gasteiger partial charge on any atom is 0.221 e. The van der Waals surface area contributed by atoms with Gasteiger partial charge in [-0.25, -0.2) is 4.98 Å². The van der Waals surface area contributed by atoms with Gasteiger partial charge < -0.3 is 9.47 Å². The number of hydrogen-bond acceptors (Lipinski definition) is 3. The van der Waals surface area contributed by atoms with E-state index in [0.717, 1.165) is 16.9 Å². The van der Waals surface area contributed by atoms with Crippen LogP contribution in [0.3, 0.4) is 0 Å². The van der Waals surface area contributed by atoms with E-state index in [9.17, 15) is 0 Å². The Labute approximate surface area is 113 Å². The van der Waals surface area contributed by atoms with Crippen molar-refractivity contribution in [2.24, 2.45) is 0 Å². The van der Waals surface area contributed by atoms with Crippen LogP contribution in [0.15, 0.2) is 36.5 Å². The van der Waals surface area contributed by atoms with Crippen LogP contribution in [0.1, 0.15) is 19.4 Å². The Morgan fingerprint density at radius 2 is 1.95 bits per heavy atom. The zero-order valence-electron chi connectivity index (χ0n) is 11.4. The number of pyridine rings is 1. The van der Waals surface area contributed by atoms with Crippen LogP contribution in [0.5, 0.6) is 11.6 Å². The number of nitrogens with zero attached hydrogens (tertiary/aromatic N) is 1. The first-order chi connectivity index (χ1) is 9.13. The van der Waals surface area contributed by atoms with Crippen molar-refractivity contribution in [1.29, 1.82) is 0 Å². The second-order valence-electron chi connectivity index (χ2n) is 5.42. The fourth-order valence-corrected chi connectivity index (χ4v) is 2.53. The molecule has 3 nitrogen and oxygen atoms in total. The molecule has 19 heavy (non-hydrogen) atoms. The van der Waals surface area contributed by atoms with E-state index in [2.05, 4.69) is 37.0 Å². The molecule has 0 bridgehead atoms. The minimum atomic E-state index is 0.0563. The summed E-state index contributed by atoms with van der Waals surface area (Å²) in [5.41, 5.74) is 3.32. The number of ether oxygens (including phenoxy) is 2. The van der Waals surface area contributed by atoms with Crippen molar-refractivity contribution < 1.29 is 9.47 Å². The number of fused-ring (bicyclic) bond motifs is 1. The van der Waals surface area contributed by atoms with Gasteiger partial charge in [-0.3, -0.25) is 0 Å². The molecule has 2 aromatic rings. The molecule has 0 aliphatic carbocycles. The summed E-state index contributed by atoms with van der Waals surface area (Å²) >= 11 is 0. The average molecular weight is 255 g/mol. The molecule has 98 valence electrons. The molecule has 3 heteroatoms. The molecule has 0 unspecified atom stereocenters. The lowest BCUT2D eigenvalue weighted by Gasteiger charge is -2.15. The van der Waals surface area contributed by atoms with Crippen molar-refractivity contribution in [3.8, 4) is 22.8 Å². The van der Waals surface area contributed by atoms with Crippen LogP contribution in [0.4, 0.5) is 0 Å². The van der Waals surface area contributed by atoms with Crippen molar-refractivity contribution in [3.63, 3.8) is 0 Å². The van der Waals surface area contributed by atoms with Gasteiger partial charge in [0.2, 0.25) is 5.88 Å². The van der Waals surface area contributed by atoms with E-state index in [1.54, 1.807) is 13.3 Å². The average Bonchev–Trinajstić information content (AvgIpc) is 2.75. The summed E-state index contributed by atoms with van der Waals surface area (Å²) in [6.07, 6.45) is 1.73. The van der Waals surface area contributed by atoms with Gasteiger partial charge in [0.15, 0.2) is 0 Å². The van der Waals surface area contributed by atoms with Gasteiger partial charge in [-0.1, -0.05) is 32.0 Å². The summed E-state index contributed by atoms with van der Waals surface area (Å²) in [5, 5.41) is 0. The molecule has 1 aromatic carbocycles. The molecule has 2 heterocycles. The normalized spacial score (nSPS) is 15.7. The van der Waals surface area contributed by atoms with Crippen molar-refractivity contribution in [2.45, 2.75) is 19.3 Å². The van der Waals surface area contributed by atoms with Gasteiger partial charge in [0.1, 0.15) is 5.75 Å². The van der Waals surface area contributed by atoms with Crippen LogP contribution in [0, 0.1) is 0 Å². The standard InChI is InChI=1S/C16H17NO2/c1-16(2)10-19-14-11(6-4-8-13(14)16)12-7-5-9-17-15(12)18-3/h4-9H,10H2,1-3H3. The van der Waals surface area contributed by atoms with E-state index in [4.69, 9.17) is 9.47 Å². The lowest BCUT2D eigenvalue weighted by atomic mass is 9.85. The van der Waals surface area contributed by atoms with Crippen LogP contribution < -0.4 is 9.47 Å². The Kier molecular flexibility index (Phi) is 2.70. The van der Waals surface area contributed by atoms with Gasteiger partial charge in [-0.05, 0) is 12.1 Å². The second kappa shape index (κ2) is 4.26. The SMILES string of the molecule is COc1ncccc1-c1cccc2c1OCC2(C)C. The molecule has 0 N–H and O–H groups in total. The van der Waals surface area contributed by atoms with Gasteiger partial charge in [0.05, 0.1) is 13.7 Å². The molecule has 1 aliphatic rings. The van der Waals surface area contributed by atoms with Gasteiger partial charge in [0.25, 0.3) is 0 Å². The number of rotatable bonds is 2. The molecule has 1 aliphatic heterocycles. The molecule has 0 spiro atoms. The highest BCUT2D eigenvalue weighted by atomic mass is 16.5. The van der Waals surface area contributed by atoms with Crippen molar-refractivity contribution >= 4 is 0 Å². The highest BCUT2D eigenvalue weighted by Crippen LogP contribution is 2.45. The third-order valence-corrected chi connectivity index (χ3v) is 3.58. The molecule has 0 amide bonds. The fourth-order valence-electron chi connectivity index (χ4n) is 2.53. The number of benzene rings is 1. The minimum absolute atomic E-state index is 0.0563. The molecule has 0 atom stereocenters. The largest absolute Gasteiger partial charge is 0.492 e. The van der Waals surface area contributed by atoms with Crippen molar-refractivity contribution in [2.75, 3.05) is 13.7 Å². The summed E-state index contributed by atoms with van der Waals surface area (Å²) < 4.78 is 11.3. The van der Waals surface area contributed by atoms with Gasteiger partial charge in [-0.2, -0.15) is 0 Å². The van der Waals surface area contributed by atoms with Crippen LogP contribution in [-0.2, 0) is 5.41 Å². The highest BCUT2D eigenvalue weighted by molar-refractivity contribution is 5.77. The second-order valence-corrected chi connectivity index (χ2v) is 5.42. The number of hydrogen-bond donors (Lipinski definition) is 0. The molecule has 0 saturated carbocycles. The minimum Gasteiger partial charge on any atom is -0.492 e. The zero-order chi connectivity index (χ0) is 13.5. The maximum atomic E-state index is 5.92. The van der Waals surface area contributed by atoms with Gasteiger partial charge >= 0.3 is 0 Å². The summed E-state index contributed by atoms with van der Waals surface area (Å²) in [6, 6.07) is 10.2. The first-order valence-corrected chi connectivity index (χ1v) is 6.39. The summed E-state index contributed by atoms with van der Waals surface area (Å²) in [5.74, 6) is 1.59. The van der Waals surface area contributed by atoms with Gasteiger partial charge in [0, 0.05) is 28.3 Å². The monoisotopic (exact) mass is 255 g/mol. The lowest BCUT2D eigenvalue weighted by molar-refractivity contribution is 0.291. The van der Waals surface area contributed by atoms with Crippen LogP contribution >= 0.6 is 0 Å². The van der Waals surface area contributed by atoms with Crippen LogP contribution in [-0.4, -0.2) is 18.7 Å². The Morgan fingerprint density at radius 1 is 1.16 bits per heavy atom. The maximum absolute atomic E-state index is 5.92. The topological polar surface area (TPSA) is 31.4 Å². The molecule has 3 rings (SSSR count). The first kappa shape index (κ1) is 12.0. The molecule has 1 aromatic heterocycles. The van der Waals surface area contributed by atoms with E-state index in [-0.39, 0.29) is 5.41 Å². The van der Waals surface area contributed by atoms with E-state index >= 15 is 0 Å². The Balaban J connectivity index is 2.21. The Bertz CT molecular complexity index is 620. The number of methoxy groups -OCH3 is 1. The molecular formula is C16H17NO2. The fraction of sp³-hybridized carbons (Fsp3) is 0.312. The molecule has 0 radical (unpaired) electrons. The lowest BCUT2D eigenvalue weighted by Crippen LogP contribution is -2.18. The molecule has 0 fully saturated rings. The molecular weight excluding hydrogens is 238 g/mol.